The highest BCUT2D eigenvalue weighted by molar-refractivity contribution is 5.89. The number of hydrogen-bond acceptors (Lipinski definition) is 1. The Balaban J connectivity index is 2.30. The summed E-state index contributed by atoms with van der Waals surface area (Å²) in [5, 5.41) is 1.28. The molecule has 1 aliphatic rings. The summed E-state index contributed by atoms with van der Waals surface area (Å²) in [5.41, 5.74) is 3.71. The molecule has 0 atom stereocenters. The number of fused-ring (bicyclic) bond motifs is 3. The monoisotopic (exact) mass is 198 g/mol. The Kier molecular flexibility index (Phi) is 1.91. The van der Waals surface area contributed by atoms with Gasteiger partial charge in [0.15, 0.2) is 0 Å². The van der Waals surface area contributed by atoms with Gasteiger partial charge in [0.1, 0.15) is 11.3 Å². The van der Waals surface area contributed by atoms with Gasteiger partial charge in [-0.15, -0.1) is 0 Å². The van der Waals surface area contributed by atoms with E-state index in [-0.39, 0.29) is 0 Å². The van der Waals surface area contributed by atoms with Crippen LogP contribution in [0.4, 0.5) is 0 Å². The maximum atomic E-state index is 5.84. The van der Waals surface area contributed by atoms with Crippen LogP contribution < -0.4 is 0 Å². The molecule has 0 N–H and O–H groups in total. The van der Waals surface area contributed by atoms with Gasteiger partial charge in [-0.25, -0.2) is 0 Å². The van der Waals surface area contributed by atoms with Crippen LogP contribution >= 0.6 is 0 Å². The Morgan fingerprint density at radius 3 is 3.13 bits per heavy atom. The number of hydrogen-bond donors (Lipinski definition) is 0. The molecule has 1 heterocycles. The standard InChI is InChI=1S/C14H14O/c1-2-10-7-8-14-12(9-10)11-5-3-4-6-13(11)15-14/h3,5,7-9H,2,4,6H2,1H3. The molecule has 1 nitrogen and oxygen atoms in total. The van der Waals surface area contributed by atoms with Crippen molar-refractivity contribution in [3.8, 4) is 0 Å². The van der Waals surface area contributed by atoms with Gasteiger partial charge in [0.05, 0.1) is 0 Å². The fourth-order valence-electron chi connectivity index (χ4n) is 2.22. The molecule has 1 heteroatoms. The smallest absolute Gasteiger partial charge is 0.134 e. The first-order valence-corrected chi connectivity index (χ1v) is 5.59. The lowest BCUT2D eigenvalue weighted by atomic mass is 10.0. The lowest BCUT2D eigenvalue weighted by Crippen LogP contribution is -1.88. The van der Waals surface area contributed by atoms with E-state index in [0.29, 0.717) is 0 Å². The van der Waals surface area contributed by atoms with E-state index < -0.39 is 0 Å². The highest BCUT2D eigenvalue weighted by Gasteiger charge is 2.13. The predicted molar refractivity (Wildman–Crippen MR) is 62.9 cm³/mol. The van der Waals surface area contributed by atoms with Crippen LogP contribution in [0.5, 0.6) is 0 Å². The molecule has 3 rings (SSSR count). The second-order valence-electron chi connectivity index (χ2n) is 4.06. The third kappa shape index (κ3) is 1.30. The van der Waals surface area contributed by atoms with E-state index >= 15 is 0 Å². The van der Waals surface area contributed by atoms with Crippen molar-refractivity contribution in [2.75, 3.05) is 0 Å². The van der Waals surface area contributed by atoms with Gasteiger partial charge in [-0.1, -0.05) is 25.1 Å². The minimum Gasteiger partial charge on any atom is -0.460 e. The zero-order valence-corrected chi connectivity index (χ0v) is 8.92. The lowest BCUT2D eigenvalue weighted by Gasteiger charge is -2.01. The summed E-state index contributed by atoms with van der Waals surface area (Å²) in [6, 6.07) is 6.51. The minimum atomic E-state index is 1.03. The molecule has 0 saturated carbocycles. The highest BCUT2D eigenvalue weighted by Crippen LogP contribution is 2.31. The second kappa shape index (κ2) is 3.27. The molecule has 1 aromatic heterocycles. The molecule has 76 valence electrons. The van der Waals surface area contributed by atoms with E-state index in [0.717, 1.165) is 30.6 Å². The molecular formula is C14H14O. The Bertz CT molecular complexity index is 532. The van der Waals surface area contributed by atoms with Crippen LogP contribution in [0.3, 0.4) is 0 Å². The molecule has 0 fully saturated rings. The van der Waals surface area contributed by atoms with Crippen molar-refractivity contribution in [1.82, 2.24) is 0 Å². The fraction of sp³-hybridized carbons (Fsp3) is 0.286. The molecule has 0 bridgehead atoms. The summed E-state index contributed by atoms with van der Waals surface area (Å²) in [5.74, 6) is 1.15. The van der Waals surface area contributed by atoms with E-state index in [4.69, 9.17) is 4.42 Å². The van der Waals surface area contributed by atoms with E-state index in [1.165, 1.54) is 16.5 Å². The first-order chi connectivity index (χ1) is 7.38. The van der Waals surface area contributed by atoms with E-state index in [1.807, 2.05) is 0 Å². The quantitative estimate of drug-likeness (QED) is 0.676. The minimum absolute atomic E-state index is 1.03. The summed E-state index contributed by atoms with van der Waals surface area (Å²) in [4.78, 5) is 0. The van der Waals surface area contributed by atoms with Gasteiger partial charge >= 0.3 is 0 Å². The third-order valence-electron chi connectivity index (χ3n) is 3.10. The zero-order valence-electron chi connectivity index (χ0n) is 8.92. The molecule has 0 amide bonds. The fourth-order valence-corrected chi connectivity index (χ4v) is 2.22. The van der Waals surface area contributed by atoms with Gasteiger partial charge in [0.25, 0.3) is 0 Å². The molecule has 0 spiro atoms. The molecule has 0 saturated heterocycles. The van der Waals surface area contributed by atoms with E-state index in [9.17, 15) is 0 Å². The van der Waals surface area contributed by atoms with Crippen LogP contribution in [-0.4, -0.2) is 0 Å². The van der Waals surface area contributed by atoms with Crippen LogP contribution in [0.15, 0.2) is 28.7 Å². The molecule has 0 radical (unpaired) electrons. The first kappa shape index (κ1) is 8.78. The number of rotatable bonds is 1. The van der Waals surface area contributed by atoms with Crippen molar-refractivity contribution in [2.45, 2.75) is 26.2 Å². The summed E-state index contributed by atoms with van der Waals surface area (Å²) >= 11 is 0. The van der Waals surface area contributed by atoms with Crippen molar-refractivity contribution < 1.29 is 4.42 Å². The normalized spacial score (nSPS) is 14.5. The lowest BCUT2D eigenvalue weighted by molar-refractivity contribution is 0.546. The summed E-state index contributed by atoms with van der Waals surface area (Å²) in [6.45, 7) is 2.18. The molecule has 0 unspecified atom stereocenters. The van der Waals surface area contributed by atoms with Crippen LogP contribution in [0.25, 0.3) is 17.0 Å². The first-order valence-electron chi connectivity index (χ1n) is 5.59. The van der Waals surface area contributed by atoms with Crippen molar-refractivity contribution >= 4 is 17.0 Å². The Hall–Kier alpha value is -1.50. The van der Waals surface area contributed by atoms with Crippen molar-refractivity contribution in [1.29, 1.82) is 0 Å². The van der Waals surface area contributed by atoms with Crippen LogP contribution in [0.1, 0.15) is 30.2 Å². The SMILES string of the molecule is CCc1ccc2oc3c(c2c1)C=CCC3. The van der Waals surface area contributed by atoms with Crippen molar-refractivity contribution in [3.63, 3.8) is 0 Å². The van der Waals surface area contributed by atoms with Gasteiger partial charge in [0, 0.05) is 17.4 Å². The number of aryl methyl sites for hydroxylation is 2. The molecule has 2 aromatic rings. The molecule has 1 aliphatic carbocycles. The van der Waals surface area contributed by atoms with Gasteiger partial charge in [-0.2, -0.15) is 0 Å². The van der Waals surface area contributed by atoms with Crippen LogP contribution in [-0.2, 0) is 12.8 Å². The largest absolute Gasteiger partial charge is 0.460 e. The second-order valence-corrected chi connectivity index (χ2v) is 4.06. The van der Waals surface area contributed by atoms with Gasteiger partial charge < -0.3 is 4.42 Å². The molecule has 15 heavy (non-hydrogen) atoms. The number of furan rings is 1. The number of allylic oxidation sites excluding steroid dienone is 1. The molecule has 1 aromatic carbocycles. The third-order valence-corrected chi connectivity index (χ3v) is 3.10. The topological polar surface area (TPSA) is 13.1 Å². The highest BCUT2D eigenvalue weighted by atomic mass is 16.3. The summed E-state index contributed by atoms with van der Waals surface area (Å²) < 4.78 is 5.84. The van der Waals surface area contributed by atoms with Crippen LogP contribution in [0.2, 0.25) is 0 Å². The van der Waals surface area contributed by atoms with E-state index in [2.05, 4.69) is 37.3 Å². The summed E-state index contributed by atoms with van der Waals surface area (Å²) in [6.07, 6.45) is 7.66. The average molecular weight is 198 g/mol. The van der Waals surface area contributed by atoms with E-state index in [1.54, 1.807) is 0 Å². The molecule has 0 aliphatic heterocycles. The van der Waals surface area contributed by atoms with Gasteiger partial charge in [-0.3, -0.25) is 0 Å². The van der Waals surface area contributed by atoms with Gasteiger partial charge in [-0.05, 0) is 30.5 Å². The maximum Gasteiger partial charge on any atom is 0.134 e. The van der Waals surface area contributed by atoms with Gasteiger partial charge in [0.2, 0.25) is 0 Å². The predicted octanol–water partition coefficient (Wildman–Crippen LogP) is 3.95. The Labute approximate surface area is 89.4 Å². The van der Waals surface area contributed by atoms with Crippen molar-refractivity contribution in [2.24, 2.45) is 0 Å². The number of benzene rings is 1. The summed E-state index contributed by atoms with van der Waals surface area (Å²) in [7, 11) is 0. The maximum absolute atomic E-state index is 5.84. The average Bonchev–Trinajstić information content (AvgIpc) is 2.66. The Morgan fingerprint density at radius 1 is 1.33 bits per heavy atom. The van der Waals surface area contributed by atoms with Crippen LogP contribution in [0, 0.1) is 0 Å². The van der Waals surface area contributed by atoms with Crippen molar-refractivity contribution in [3.05, 3.63) is 41.2 Å². The molecular weight excluding hydrogens is 184 g/mol. The Morgan fingerprint density at radius 2 is 2.27 bits per heavy atom. The zero-order chi connectivity index (χ0) is 10.3.